The van der Waals surface area contributed by atoms with Gasteiger partial charge in [0.15, 0.2) is 0 Å². The van der Waals surface area contributed by atoms with Crippen molar-refractivity contribution >= 4 is 39.4 Å². The minimum atomic E-state index is -0.632. The van der Waals surface area contributed by atoms with Crippen LogP contribution in [-0.2, 0) is 9.53 Å². The Balaban J connectivity index is 1.96. The lowest BCUT2D eigenvalue weighted by Gasteiger charge is -2.08. The third-order valence-corrected chi connectivity index (χ3v) is 3.91. The molecular weight excluding hydrogens is 407 g/mol. The van der Waals surface area contributed by atoms with Crippen LogP contribution in [-0.4, -0.2) is 31.4 Å². The number of methoxy groups -OCH3 is 1. The molecule has 0 aliphatic heterocycles. The van der Waals surface area contributed by atoms with Crippen LogP contribution in [0.15, 0.2) is 46.9 Å². The summed E-state index contributed by atoms with van der Waals surface area (Å²) in [5.41, 5.74) is 0.686. The maximum atomic E-state index is 13.7. The van der Waals surface area contributed by atoms with E-state index >= 15 is 0 Å². The summed E-state index contributed by atoms with van der Waals surface area (Å²) < 4.78 is 18.8. The fourth-order valence-corrected chi connectivity index (χ4v) is 2.42. The fourth-order valence-electron chi connectivity index (χ4n) is 2.06. The topological polar surface area (TPSA) is 84.5 Å². The molecule has 0 radical (unpaired) electrons. The molecule has 0 aliphatic rings. The lowest BCUT2D eigenvalue weighted by Crippen LogP contribution is -2.26. The molecule has 0 aromatic heterocycles. The summed E-state index contributed by atoms with van der Waals surface area (Å²) in [7, 11) is 1.27. The maximum Gasteiger partial charge on any atom is 0.307 e. The molecule has 0 saturated heterocycles. The summed E-state index contributed by atoms with van der Waals surface area (Å²) in [5, 5.41) is 5.15. The molecule has 2 rings (SSSR count). The van der Waals surface area contributed by atoms with Gasteiger partial charge in [-0.15, -0.1) is 0 Å². The second-order valence-corrected chi connectivity index (χ2v) is 6.15. The summed E-state index contributed by atoms with van der Waals surface area (Å²) in [4.78, 5) is 35.1. The first-order valence-corrected chi connectivity index (χ1v) is 8.41. The van der Waals surface area contributed by atoms with E-state index in [4.69, 9.17) is 0 Å². The maximum absolute atomic E-state index is 13.7. The van der Waals surface area contributed by atoms with Crippen LogP contribution >= 0.6 is 15.9 Å². The van der Waals surface area contributed by atoms with Gasteiger partial charge in [-0.1, -0.05) is 15.9 Å². The summed E-state index contributed by atoms with van der Waals surface area (Å²) in [6.45, 7) is 0.159. The first-order valence-electron chi connectivity index (χ1n) is 7.62. The minimum absolute atomic E-state index is 0.0780. The first-order chi connectivity index (χ1) is 12.4. The standard InChI is InChI=1S/C18H16BrFN2O4/c1-26-16(23)8-9-21-17(24)11-2-5-13(6-3-11)22-18(25)14-10-12(19)4-7-15(14)20/h2-7,10H,8-9H2,1H3,(H,21,24)(H,22,25). The van der Waals surface area contributed by atoms with E-state index in [1.54, 1.807) is 0 Å². The number of rotatable bonds is 6. The Bertz CT molecular complexity index is 824. The predicted molar refractivity (Wildman–Crippen MR) is 97.5 cm³/mol. The number of anilines is 1. The van der Waals surface area contributed by atoms with Gasteiger partial charge < -0.3 is 15.4 Å². The van der Waals surface area contributed by atoms with Gasteiger partial charge in [0.1, 0.15) is 5.82 Å². The van der Waals surface area contributed by atoms with Crippen molar-refractivity contribution < 1.29 is 23.5 Å². The summed E-state index contributed by atoms with van der Waals surface area (Å²) in [5.74, 6) is -2.00. The van der Waals surface area contributed by atoms with Crippen LogP contribution in [0.4, 0.5) is 10.1 Å². The smallest absolute Gasteiger partial charge is 0.307 e. The normalized spacial score (nSPS) is 10.1. The van der Waals surface area contributed by atoms with E-state index in [0.29, 0.717) is 15.7 Å². The average molecular weight is 423 g/mol. The van der Waals surface area contributed by atoms with E-state index in [1.807, 2.05) is 0 Å². The number of benzene rings is 2. The van der Waals surface area contributed by atoms with E-state index in [2.05, 4.69) is 31.3 Å². The predicted octanol–water partition coefficient (Wildman–Crippen LogP) is 3.13. The lowest BCUT2D eigenvalue weighted by atomic mass is 10.1. The summed E-state index contributed by atoms with van der Waals surface area (Å²) >= 11 is 3.19. The van der Waals surface area contributed by atoms with Crippen LogP contribution < -0.4 is 10.6 Å². The molecule has 2 aromatic rings. The van der Waals surface area contributed by atoms with Crippen molar-refractivity contribution in [3.63, 3.8) is 0 Å². The van der Waals surface area contributed by atoms with Crippen LogP contribution in [0.5, 0.6) is 0 Å². The van der Waals surface area contributed by atoms with Gasteiger partial charge in [-0.2, -0.15) is 0 Å². The second kappa shape index (κ2) is 9.10. The molecule has 2 amide bonds. The van der Waals surface area contributed by atoms with Crippen molar-refractivity contribution in [2.24, 2.45) is 0 Å². The quantitative estimate of drug-likeness (QED) is 0.700. The van der Waals surface area contributed by atoms with Gasteiger partial charge in [0.25, 0.3) is 11.8 Å². The van der Waals surface area contributed by atoms with Crippen molar-refractivity contribution in [2.45, 2.75) is 6.42 Å². The van der Waals surface area contributed by atoms with Gasteiger partial charge in [-0.05, 0) is 42.5 Å². The zero-order valence-electron chi connectivity index (χ0n) is 13.8. The van der Waals surface area contributed by atoms with Gasteiger partial charge >= 0.3 is 5.97 Å². The molecule has 0 heterocycles. The Morgan fingerprint density at radius 3 is 2.42 bits per heavy atom. The Hall–Kier alpha value is -2.74. The molecule has 6 nitrogen and oxygen atoms in total. The highest BCUT2D eigenvalue weighted by Gasteiger charge is 2.13. The van der Waals surface area contributed by atoms with Crippen molar-refractivity contribution in [3.8, 4) is 0 Å². The molecular formula is C18H16BrFN2O4. The van der Waals surface area contributed by atoms with Crippen LogP contribution in [0.1, 0.15) is 27.1 Å². The highest BCUT2D eigenvalue weighted by atomic mass is 79.9. The first kappa shape index (κ1) is 19.6. The summed E-state index contributed by atoms with van der Waals surface area (Å²) in [6, 6.07) is 10.2. The highest BCUT2D eigenvalue weighted by Crippen LogP contribution is 2.17. The number of amides is 2. The Morgan fingerprint density at radius 2 is 1.77 bits per heavy atom. The molecule has 0 spiro atoms. The van der Waals surface area contributed by atoms with Crippen LogP contribution in [0.2, 0.25) is 0 Å². The van der Waals surface area contributed by atoms with Gasteiger partial charge in [0.05, 0.1) is 19.1 Å². The average Bonchev–Trinajstić information content (AvgIpc) is 2.63. The third-order valence-electron chi connectivity index (χ3n) is 3.42. The fraction of sp³-hybridized carbons (Fsp3) is 0.167. The number of halogens is 2. The van der Waals surface area contributed by atoms with Crippen molar-refractivity contribution in [1.29, 1.82) is 0 Å². The molecule has 0 fully saturated rings. The molecule has 0 aliphatic carbocycles. The van der Waals surface area contributed by atoms with E-state index in [0.717, 1.165) is 0 Å². The van der Waals surface area contributed by atoms with Gasteiger partial charge in [-0.3, -0.25) is 14.4 Å². The number of hydrogen-bond acceptors (Lipinski definition) is 4. The highest BCUT2D eigenvalue weighted by molar-refractivity contribution is 9.10. The molecule has 0 bridgehead atoms. The number of nitrogens with one attached hydrogen (secondary N) is 2. The number of hydrogen-bond donors (Lipinski definition) is 2. The largest absolute Gasteiger partial charge is 0.469 e. The van der Waals surface area contributed by atoms with Crippen LogP contribution in [0, 0.1) is 5.82 Å². The number of carbonyl (C=O) groups excluding carboxylic acids is 3. The van der Waals surface area contributed by atoms with Crippen molar-refractivity contribution in [1.82, 2.24) is 5.32 Å². The van der Waals surface area contributed by atoms with E-state index in [-0.39, 0.29) is 24.4 Å². The van der Waals surface area contributed by atoms with Crippen LogP contribution in [0.3, 0.4) is 0 Å². The molecule has 2 N–H and O–H groups in total. The summed E-state index contributed by atoms with van der Waals surface area (Å²) in [6.07, 6.45) is 0.0780. The van der Waals surface area contributed by atoms with Crippen LogP contribution in [0.25, 0.3) is 0 Å². The van der Waals surface area contributed by atoms with Crippen molar-refractivity contribution in [3.05, 3.63) is 63.9 Å². The molecule has 0 unspecified atom stereocenters. The van der Waals surface area contributed by atoms with E-state index in [1.165, 1.54) is 49.6 Å². The van der Waals surface area contributed by atoms with E-state index < -0.39 is 17.7 Å². The molecule has 8 heteroatoms. The zero-order valence-corrected chi connectivity index (χ0v) is 15.4. The lowest BCUT2D eigenvalue weighted by molar-refractivity contribution is -0.140. The molecule has 26 heavy (non-hydrogen) atoms. The zero-order chi connectivity index (χ0) is 19.1. The van der Waals surface area contributed by atoms with Gasteiger partial charge in [0, 0.05) is 22.3 Å². The third kappa shape index (κ3) is 5.38. The minimum Gasteiger partial charge on any atom is -0.469 e. The Morgan fingerprint density at radius 1 is 1.08 bits per heavy atom. The van der Waals surface area contributed by atoms with E-state index in [9.17, 15) is 18.8 Å². The monoisotopic (exact) mass is 422 g/mol. The molecule has 136 valence electrons. The Labute approximate surface area is 157 Å². The molecule has 0 saturated carbocycles. The van der Waals surface area contributed by atoms with Gasteiger partial charge in [-0.25, -0.2) is 4.39 Å². The molecule has 0 atom stereocenters. The number of carbonyl (C=O) groups is 3. The second-order valence-electron chi connectivity index (χ2n) is 5.24. The number of esters is 1. The van der Waals surface area contributed by atoms with Gasteiger partial charge in [0.2, 0.25) is 0 Å². The number of ether oxygens (including phenoxy) is 1. The molecule has 2 aromatic carbocycles. The SMILES string of the molecule is COC(=O)CCNC(=O)c1ccc(NC(=O)c2cc(Br)ccc2F)cc1. The van der Waals surface area contributed by atoms with Crippen molar-refractivity contribution in [2.75, 3.05) is 19.0 Å². The Kier molecular flexibility index (Phi) is 6.85.